The van der Waals surface area contributed by atoms with Crippen molar-refractivity contribution >= 4 is 39.5 Å². The molecule has 2 rings (SSSR count). The Balaban J connectivity index is 2.03. The third-order valence-electron chi connectivity index (χ3n) is 3.18. The van der Waals surface area contributed by atoms with Crippen LogP contribution in [0, 0.1) is 11.8 Å². The molecule has 0 aliphatic heterocycles. The van der Waals surface area contributed by atoms with Crippen LogP contribution in [0.15, 0.2) is 22.7 Å². The summed E-state index contributed by atoms with van der Waals surface area (Å²) in [6.07, 6.45) is 0.361. The maximum Gasteiger partial charge on any atom is 0.338 e. The number of carbonyl (C=O) groups excluding carboxylic acids is 2. The van der Waals surface area contributed by atoms with Crippen LogP contribution in [-0.2, 0) is 14.3 Å². The minimum Gasteiger partial charge on any atom is -0.481 e. The van der Waals surface area contributed by atoms with Crippen molar-refractivity contribution in [3.63, 3.8) is 0 Å². The van der Waals surface area contributed by atoms with Gasteiger partial charge < -0.3 is 15.2 Å². The van der Waals surface area contributed by atoms with Gasteiger partial charge in [0, 0.05) is 4.47 Å². The highest BCUT2D eigenvalue weighted by Gasteiger charge is 2.48. The zero-order valence-corrected chi connectivity index (χ0v) is 12.8. The maximum absolute atomic E-state index is 11.9. The number of ether oxygens (including phenoxy) is 1. The quantitative estimate of drug-likeness (QED) is 0.790. The fraction of sp³-hybridized carbons (Fsp3) is 0.357. The van der Waals surface area contributed by atoms with Crippen molar-refractivity contribution in [1.82, 2.24) is 0 Å². The van der Waals surface area contributed by atoms with Crippen molar-refractivity contribution in [3.05, 3.63) is 28.2 Å². The monoisotopic (exact) mass is 355 g/mol. The summed E-state index contributed by atoms with van der Waals surface area (Å²) in [6, 6.07) is 4.67. The van der Waals surface area contributed by atoms with E-state index >= 15 is 0 Å². The molecule has 1 aromatic carbocycles. The van der Waals surface area contributed by atoms with Gasteiger partial charge in [0.2, 0.25) is 5.91 Å². The first-order valence-corrected chi connectivity index (χ1v) is 7.23. The molecule has 0 unspecified atom stereocenters. The lowest BCUT2D eigenvalue weighted by molar-refractivity contribution is -0.139. The molecule has 1 aliphatic rings. The molecule has 1 aromatic rings. The van der Waals surface area contributed by atoms with Crippen molar-refractivity contribution in [2.75, 3.05) is 11.9 Å². The summed E-state index contributed by atoms with van der Waals surface area (Å²) in [5.74, 6) is -2.80. The van der Waals surface area contributed by atoms with Gasteiger partial charge in [-0.25, -0.2) is 4.79 Å². The number of anilines is 1. The average Bonchev–Trinajstić information content (AvgIpc) is 3.21. The zero-order chi connectivity index (χ0) is 15.6. The molecule has 6 nitrogen and oxygen atoms in total. The number of esters is 1. The Morgan fingerprint density at radius 3 is 2.62 bits per heavy atom. The molecule has 0 bridgehead atoms. The molecule has 1 fully saturated rings. The third-order valence-corrected chi connectivity index (χ3v) is 3.84. The van der Waals surface area contributed by atoms with Crippen LogP contribution in [0.25, 0.3) is 0 Å². The van der Waals surface area contributed by atoms with E-state index < -0.39 is 23.8 Å². The lowest BCUT2D eigenvalue weighted by atomic mass is 10.2. The Labute approximate surface area is 129 Å². The van der Waals surface area contributed by atoms with Crippen LogP contribution in [0.1, 0.15) is 23.7 Å². The molecule has 2 atom stereocenters. The van der Waals surface area contributed by atoms with E-state index in [-0.39, 0.29) is 12.5 Å². The fourth-order valence-electron chi connectivity index (χ4n) is 1.94. The number of carbonyl (C=O) groups is 3. The van der Waals surface area contributed by atoms with Crippen LogP contribution < -0.4 is 5.32 Å². The van der Waals surface area contributed by atoms with E-state index in [0.29, 0.717) is 22.1 Å². The minimum atomic E-state index is -0.952. The first-order valence-electron chi connectivity index (χ1n) is 6.44. The molecule has 0 radical (unpaired) electrons. The number of carboxylic acid groups (broad SMARTS) is 1. The van der Waals surface area contributed by atoms with Crippen molar-refractivity contribution in [2.45, 2.75) is 13.3 Å². The molecule has 7 heteroatoms. The lowest BCUT2D eigenvalue weighted by Crippen LogP contribution is -2.17. The number of aliphatic carboxylic acids is 1. The largest absolute Gasteiger partial charge is 0.481 e. The Bertz CT molecular complexity index is 601. The van der Waals surface area contributed by atoms with Crippen LogP contribution in [0.4, 0.5) is 5.69 Å². The van der Waals surface area contributed by atoms with Crippen LogP contribution in [0.2, 0.25) is 0 Å². The number of amides is 1. The van der Waals surface area contributed by atoms with Crippen molar-refractivity contribution in [3.8, 4) is 0 Å². The second-order valence-corrected chi connectivity index (χ2v) is 5.55. The highest BCUT2D eigenvalue weighted by atomic mass is 79.9. The molecule has 0 spiro atoms. The number of carboxylic acids is 1. The van der Waals surface area contributed by atoms with Gasteiger partial charge in [-0.2, -0.15) is 0 Å². The van der Waals surface area contributed by atoms with Gasteiger partial charge in [0.1, 0.15) is 0 Å². The minimum absolute atomic E-state index is 0.285. The van der Waals surface area contributed by atoms with E-state index in [1.54, 1.807) is 25.1 Å². The van der Waals surface area contributed by atoms with E-state index in [1.165, 1.54) is 0 Å². The van der Waals surface area contributed by atoms with Crippen molar-refractivity contribution in [2.24, 2.45) is 11.8 Å². The third kappa shape index (κ3) is 3.60. The number of benzene rings is 1. The number of halogens is 1. The van der Waals surface area contributed by atoms with E-state index in [2.05, 4.69) is 21.2 Å². The molecular weight excluding hydrogens is 342 g/mol. The van der Waals surface area contributed by atoms with E-state index in [9.17, 15) is 14.4 Å². The first-order chi connectivity index (χ1) is 9.93. The molecule has 0 heterocycles. The molecule has 112 valence electrons. The molecule has 1 aliphatic carbocycles. The van der Waals surface area contributed by atoms with Gasteiger partial charge in [0.15, 0.2) is 0 Å². The molecule has 0 saturated heterocycles. The zero-order valence-electron chi connectivity index (χ0n) is 11.3. The van der Waals surface area contributed by atoms with Gasteiger partial charge in [-0.15, -0.1) is 0 Å². The van der Waals surface area contributed by atoms with E-state index in [0.717, 1.165) is 0 Å². The summed E-state index contributed by atoms with van der Waals surface area (Å²) in [5, 5.41) is 11.5. The number of nitrogens with one attached hydrogen (secondary N) is 1. The number of rotatable bonds is 5. The van der Waals surface area contributed by atoms with Gasteiger partial charge in [-0.05, 0) is 47.5 Å². The van der Waals surface area contributed by atoms with Gasteiger partial charge in [0.05, 0.1) is 29.7 Å². The topological polar surface area (TPSA) is 92.7 Å². The summed E-state index contributed by atoms with van der Waals surface area (Å²) in [6.45, 7) is 2.00. The van der Waals surface area contributed by atoms with E-state index in [4.69, 9.17) is 9.84 Å². The summed E-state index contributed by atoms with van der Waals surface area (Å²) >= 11 is 3.27. The second-order valence-electron chi connectivity index (χ2n) is 4.69. The van der Waals surface area contributed by atoms with Crippen LogP contribution in [0.3, 0.4) is 0 Å². The summed E-state index contributed by atoms with van der Waals surface area (Å²) < 4.78 is 5.42. The Morgan fingerprint density at radius 1 is 1.38 bits per heavy atom. The smallest absolute Gasteiger partial charge is 0.338 e. The molecule has 2 N–H and O–H groups in total. The van der Waals surface area contributed by atoms with Crippen LogP contribution in [0.5, 0.6) is 0 Å². The molecule has 0 aromatic heterocycles. The summed E-state index contributed by atoms with van der Waals surface area (Å²) in [7, 11) is 0. The van der Waals surface area contributed by atoms with Gasteiger partial charge in [-0.1, -0.05) is 0 Å². The molecule has 21 heavy (non-hydrogen) atoms. The normalized spacial score (nSPS) is 19.7. The van der Waals surface area contributed by atoms with Gasteiger partial charge in [0.25, 0.3) is 0 Å². The van der Waals surface area contributed by atoms with Crippen molar-refractivity contribution in [1.29, 1.82) is 0 Å². The second kappa shape index (κ2) is 6.26. The maximum atomic E-state index is 11.9. The lowest BCUT2D eigenvalue weighted by Gasteiger charge is -2.09. The Morgan fingerprint density at radius 2 is 2.10 bits per heavy atom. The standard InChI is InChI=1S/C14H14BrNO5/c1-2-21-14(20)7-3-4-11(10(15)5-7)16-12(17)8-6-9(8)13(18)19/h3-5,8-9H,2,6H2,1H3,(H,16,17)(H,18,19)/t8-,9+/m1/s1. The summed E-state index contributed by atoms with van der Waals surface area (Å²) in [5.41, 5.74) is 0.862. The van der Waals surface area contributed by atoms with Crippen LogP contribution >= 0.6 is 15.9 Å². The first kappa shape index (κ1) is 15.5. The Hall–Kier alpha value is -1.89. The SMILES string of the molecule is CCOC(=O)c1ccc(NC(=O)[C@@H]2C[C@@H]2C(=O)O)c(Br)c1. The number of hydrogen-bond acceptors (Lipinski definition) is 4. The predicted molar refractivity (Wildman–Crippen MR) is 78.0 cm³/mol. The highest BCUT2D eigenvalue weighted by molar-refractivity contribution is 9.10. The summed E-state index contributed by atoms with van der Waals surface area (Å²) in [4.78, 5) is 34.2. The van der Waals surface area contributed by atoms with Crippen molar-refractivity contribution < 1.29 is 24.2 Å². The molecule has 1 saturated carbocycles. The molecule has 1 amide bonds. The fourth-order valence-corrected chi connectivity index (χ4v) is 2.42. The van der Waals surface area contributed by atoms with E-state index in [1.807, 2.05) is 0 Å². The average molecular weight is 356 g/mol. The van der Waals surface area contributed by atoms with Gasteiger partial charge in [-0.3, -0.25) is 9.59 Å². The predicted octanol–water partition coefficient (Wildman–Crippen LogP) is 2.29. The highest BCUT2D eigenvalue weighted by Crippen LogP contribution is 2.39. The van der Waals surface area contributed by atoms with Crippen LogP contribution in [-0.4, -0.2) is 29.6 Å². The number of hydrogen-bond donors (Lipinski definition) is 2. The Kier molecular flexibility index (Phi) is 4.62. The van der Waals surface area contributed by atoms with Gasteiger partial charge >= 0.3 is 11.9 Å². The molecular formula is C14H14BrNO5.